The summed E-state index contributed by atoms with van der Waals surface area (Å²) in [5.74, 6) is 0.200. The van der Waals surface area contributed by atoms with Gasteiger partial charge in [0, 0.05) is 6.07 Å². The van der Waals surface area contributed by atoms with Gasteiger partial charge in [-0.1, -0.05) is 0 Å². The van der Waals surface area contributed by atoms with Gasteiger partial charge in [0.25, 0.3) is 0 Å². The quantitative estimate of drug-likeness (QED) is 0.825. The summed E-state index contributed by atoms with van der Waals surface area (Å²) < 4.78 is 2.39. The molecule has 0 bridgehead atoms. The molecule has 5 heteroatoms. The molecule has 2 aromatic rings. The fraction of sp³-hybridized carbons (Fsp3) is 0. The highest BCUT2D eigenvalue weighted by Gasteiger charge is 2.00. The van der Waals surface area contributed by atoms with E-state index in [4.69, 9.17) is 0 Å². The Morgan fingerprint density at radius 2 is 1.92 bits per heavy atom. The first kappa shape index (κ1) is 8.25. The van der Waals surface area contributed by atoms with Gasteiger partial charge >= 0.3 is 0 Å². The highest BCUT2D eigenvalue weighted by atomic mass is 79.9. The second kappa shape index (κ2) is 3.18. The van der Waals surface area contributed by atoms with E-state index < -0.39 is 0 Å². The van der Waals surface area contributed by atoms with Crippen LogP contribution >= 0.6 is 15.9 Å². The van der Waals surface area contributed by atoms with E-state index in [0.717, 1.165) is 5.69 Å². The smallest absolute Gasteiger partial charge is 0.131 e. The number of hydrogen-bond acceptors (Lipinski definition) is 3. The van der Waals surface area contributed by atoms with Crippen LogP contribution in [0, 0.1) is 0 Å². The SMILES string of the molecule is Oc1cc(-n2cnnc2)ccc1Br. The Labute approximate surface area is 83.0 Å². The molecule has 13 heavy (non-hydrogen) atoms. The summed E-state index contributed by atoms with van der Waals surface area (Å²) in [6.07, 6.45) is 3.14. The van der Waals surface area contributed by atoms with E-state index in [0.29, 0.717) is 4.47 Å². The molecule has 0 atom stereocenters. The van der Waals surface area contributed by atoms with E-state index in [1.807, 2.05) is 6.07 Å². The summed E-state index contributed by atoms with van der Waals surface area (Å²) in [6, 6.07) is 5.26. The Bertz CT molecular complexity index is 413. The van der Waals surface area contributed by atoms with Gasteiger partial charge in [-0.15, -0.1) is 10.2 Å². The Morgan fingerprint density at radius 3 is 2.54 bits per heavy atom. The minimum absolute atomic E-state index is 0.200. The van der Waals surface area contributed by atoms with Crippen LogP contribution in [0.4, 0.5) is 0 Å². The molecule has 0 aliphatic heterocycles. The Morgan fingerprint density at radius 1 is 1.23 bits per heavy atom. The zero-order chi connectivity index (χ0) is 9.26. The Balaban J connectivity index is 2.49. The number of hydrogen-bond donors (Lipinski definition) is 1. The third-order valence-electron chi connectivity index (χ3n) is 1.65. The largest absolute Gasteiger partial charge is 0.507 e. The third-order valence-corrected chi connectivity index (χ3v) is 2.32. The van der Waals surface area contributed by atoms with Gasteiger partial charge in [-0.05, 0) is 28.1 Å². The second-order valence-electron chi connectivity index (χ2n) is 2.50. The maximum atomic E-state index is 9.40. The van der Waals surface area contributed by atoms with Crippen LogP contribution in [0.5, 0.6) is 5.75 Å². The van der Waals surface area contributed by atoms with Gasteiger partial charge in [0.05, 0.1) is 10.2 Å². The lowest BCUT2D eigenvalue weighted by molar-refractivity contribution is 0.471. The predicted molar refractivity (Wildman–Crippen MR) is 50.7 cm³/mol. The van der Waals surface area contributed by atoms with Crippen molar-refractivity contribution in [2.24, 2.45) is 0 Å². The van der Waals surface area contributed by atoms with Crippen molar-refractivity contribution in [3.05, 3.63) is 35.3 Å². The van der Waals surface area contributed by atoms with Crippen molar-refractivity contribution in [3.8, 4) is 11.4 Å². The van der Waals surface area contributed by atoms with Crippen LogP contribution in [-0.4, -0.2) is 19.9 Å². The molecule has 0 spiro atoms. The number of benzene rings is 1. The highest BCUT2D eigenvalue weighted by Crippen LogP contribution is 2.25. The molecule has 66 valence electrons. The van der Waals surface area contributed by atoms with Crippen molar-refractivity contribution in [2.45, 2.75) is 0 Å². The molecule has 4 nitrogen and oxygen atoms in total. The maximum absolute atomic E-state index is 9.40. The molecule has 1 N–H and O–H groups in total. The van der Waals surface area contributed by atoms with Gasteiger partial charge < -0.3 is 5.11 Å². The van der Waals surface area contributed by atoms with Crippen LogP contribution in [-0.2, 0) is 0 Å². The van der Waals surface area contributed by atoms with Crippen LogP contribution < -0.4 is 0 Å². The fourth-order valence-electron chi connectivity index (χ4n) is 0.996. The lowest BCUT2D eigenvalue weighted by atomic mass is 10.3. The van der Waals surface area contributed by atoms with Crippen LogP contribution in [0.2, 0.25) is 0 Å². The number of aromatic nitrogens is 3. The van der Waals surface area contributed by atoms with Crippen LogP contribution in [0.15, 0.2) is 35.3 Å². The summed E-state index contributed by atoms with van der Waals surface area (Å²) in [5.41, 5.74) is 0.825. The average molecular weight is 240 g/mol. The van der Waals surface area contributed by atoms with Gasteiger partial charge in [-0.3, -0.25) is 4.57 Å². The number of aromatic hydroxyl groups is 1. The van der Waals surface area contributed by atoms with E-state index in [9.17, 15) is 5.11 Å². The minimum Gasteiger partial charge on any atom is -0.507 e. The third kappa shape index (κ3) is 1.55. The van der Waals surface area contributed by atoms with Gasteiger partial charge in [-0.25, -0.2) is 0 Å². The molecule has 0 aliphatic rings. The molecule has 1 aromatic carbocycles. The van der Waals surface area contributed by atoms with E-state index in [1.165, 1.54) is 0 Å². The maximum Gasteiger partial charge on any atom is 0.131 e. The topological polar surface area (TPSA) is 50.9 Å². The van der Waals surface area contributed by atoms with E-state index in [-0.39, 0.29) is 5.75 Å². The summed E-state index contributed by atoms with van der Waals surface area (Å²) in [5, 5.41) is 16.7. The number of rotatable bonds is 1. The van der Waals surface area contributed by atoms with E-state index in [2.05, 4.69) is 26.1 Å². The van der Waals surface area contributed by atoms with E-state index in [1.54, 1.807) is 29.4 Å². The van der Waals surface area contributed by atoms with Crippen LogP contribution in [0.1, 0.15) is 0 Å². The fourth-order valence-corrected chi connectivity index (χ4v) is 1.24. The lowest BCUT2D eigenvalue weighted by Gasteiger charge is -2.02. The van der Waals surface area contributed by atoms with Crippen molar-refractivity contribution in [3.63, 3.8) is 0 Å². The first-order valence-corrected chi connectivity index (χ1v) is 4.40. The van der Waals surface area contributed by atoms with Crippen molar-refractivity contribution in [1.29, 1.82) is 0 Å². The average Bonchev–Trinajstić information content (AvgIpc) is 2.62. The second-order valence-corrected chi connectivity index (χ2v) is 3.36. The number of nitrogens with zero attached hydrogens (tertiary/aromatic N) is 3. The monoisotopic (exact) mass is 239 g/mol. The normalized spacial score (nSPS) is 10.2. The first-order chi connectivity index (χ1) is 6.27. The van der Waals surface area contributed by atoms with Gasteiger partial charge in [0.1, 0.15) is 18.4 Å². The number of phenolic OH excluding ortho intramolecular Hbond substituents is 1. The standard InChI is InChI=1S/C8H6BrN3O/c9-7-2-1-6(3-8(7)13)12-4-10-11-5-12/h1-5,13H. The molecular formula is C8H6BrN3O. The van der Waals surface area contributed by atoms with Crippen molar-refractivity contribution in [2.75, 3.05) is 0 Å². The predicted octanol–water partition coefficient (Wildman–Crippen LogP) is 1.74. The van der Waals surface area contributed by atoms with Gasteiger partial charge in [0.2, 0.25) is 0 Å². The van der Waals surface area contributed by atoms with Crippen LogP contribution in [0.3, 0.4) is 0 Å². The molecule has 1 aromatic heterocycles. The van der Waals surface area contributed by atoms with Gasteiger partial charge in [0.15, 0.2) is 0 Å². The molecular weight excluding hydrogens is 234 g/mol. The molecule has 0 radical (unpaired) electrons. The summed E-state index contributed by atoms with van der Waals surface area (Å²) >= 11 is 3.20. The van der Waals surface area contributed by atoms with Crippen LogP contribution in [0.25, 0.3) is 5.69 Å². The molecule has 0 unspecified atom stereocenters. The zero-order valence-electron chi connectivity index (χ0n) is 6.55. The zero-order valence-corrected chi connectivity index (χ0v) is 8.14. The highest BCUT2D eigenvalue weighted by molar-refractivity contribution is 9.10. The number of phenols is 1. The van der Waals surface area contributed by atoms with Crippen molar-refractivity contribution < 1.29 is 5.11 Å². The van der Waals surface area contributed by atoms with Gasteiger partial charge in [-0.2, -0.15) is 0 Å². The molecule has 0 saturated carbocycles. The van der Waals surface area contributed by atoms with Crippen molar-refractivity contribution >= 4 is 15.9 Å². The minimum atomic E-state index is 0.200. The molecule has 1 heterocycles. The van der Waals surface area contributed by atoms with Crippen molar-refractivity contribution in [1.82, 2.24) is 14.8 Å². The first-order valence-electron chi connectivity index (χ1n) is 3.61. The molecule has 2 rings (SSSR count). The Kier molecular flexibility index (Phi) is 2.02. The summed E-state index contributed by atoms with van der Waals surface area (Å²) in [7, 11) is 0. The molecule has 0 amide bonds. The summed E-state index contributed by atoms with van der Waals surface area (Å²) in [6.45, 7) is 0. The Hall–Kier alpha value is -1.36. The lowest BCUT2D eigenvalue weighted by Crippen LogP contribution is -1.88. The molecule has 0 fully saturated rings. The van der Waals surface area contributed by atoms with E-state index >= 15 is 0 Å². The number of halogens is 1. The molecule has 0 aliphatic carbocycles. The summed E-state index contributed by atoms with van der Waals surface area (Å²) in [4.78, 5) is 0. The molecule has 0 saturated heterocycles.